The summed E-state index contributed by atoms with van der Waals surface area (Å²) in [4.78, 5) is 38.1. The van der Waals surface area contributed by atoms with Crippen LogP contribution in [0.1, 0.15) is 10.4 Å². The second-order valence-electron chi connectivity index (χ2n) is 3.44. The van der Waals surface area contributed by atoms with Gasteiger partial charge in [0.05, 0.1) is 13.7 Å². The first-order valence-corrected chi connectivity index (χ1v) is 5.44. The minimum atomic E-state index is -0.617. The number of carbonyl (C=O) groups excluding carboxylic acids is 3. The average Bonchev–Trinajstić information content (AvgIpc) is 2.45. The van der Waals surface area contributed by atoms with Crippen molar-refractivity contribution < 1.29 is 24.0 Å². The minimum Gasteiger partial charge on any atom is -0.467 e. The topological polar surface area (TPSA) is 93.7 Å². The van der Waals surface area contributed by atoms with Crippen LogP contribution in [-0.4, -0.2) is 38.0 Å². The predicted molar refractivity (Wildman–Crippen MR) is 64.9 cm³/mol. The third kappa shape index (κ3) is 5.64. The third-order valence-corrected chi connectivity index (χ3v) is 2.05. The molecule has 0 saturated heterocycles. The average molecular weight is 266 g/mol. The number of hydrogen-bond donors (Lipinski definition) is 2. The maximum absolute atomic E-state index is 11.6. The number of rotatable bonds is 6. The number of benzene rings is 1. The van der Waals surface area contributed by atoms with E-state index in [2.05, 4.69) is 14.9 Å². The highest BCUT2D eigenvalue weighted by molar-refractivity contribution is 5.96. The van der Waals surface area contributed by atoms with Gasteiger partial charge in [0.2, 0.25) is 0 Å². The molecule has 7 heteroatoms. The number of hydroxylamine groups is 1. The summed E-state index contributed by atoms with van der Waals surface area (Å²) in [5, 5.41) is 2.40. The van der Waals surface area contributed by atoms with Gasteiger partial charge in [-0.3, -0.25) is 14.4 Å². The van der Waals surface area contributed by atoms with Crippen LogP contribution in [0.5, 0.6) is 0 Å². The molecule has 19 heavy (non-hydrogen) atoms. The molecule has 7 nitrogen and oxygen atoms in total. The molecule has 0 saturated carbocycles. The first-order valence-electron chi connectivity index (χ1n) is 5.44. The molecule has 0 atom stereocenters. The Morgan fingerprint density at radius 2 is 1.84 bits per heavy atom. The van der Waals surface area contributed by atoms with Crippen molar-refractivity contribution in [3.8, 4) is 0 Å². The van der Waals surface area contributed by atoms with Gasteiger partial charge in [-0.05, 0) is 12.1 Å². The summed E-state index contributed by atoms with van der Waals surface area (Å²) in [6.45, 7) is -0.649. The van der Waals surface area contributed by atoms with Gasteiger partial charge < -0.3 is 10.1 Å². The van der Waals surface area contributed by atoms with Gasteiger partial charge in [0.25, 0.3) is 11.8 Å². The fourth-order valence-electron chi connectivity index (χ4n) is 1.12. The highest BCUT2D eigenvalue weighted by Gasteiger charge is 2.08. The molecule has 0 radical (unpaired) electrons. The van der Waals surface area contributed by atoms with E-state index in [0.717, 1.165) is 0 Å². The molecule has 2 amide bonds. The van der Waals surface area contributed by atoms with Crippen molar-refractivity contribution in [3.05, 3.63) is 35.9 Å². The van der Waals surface area contributed by atoms with E-state index in [9.17, 15) is 14.4 Å². The minimum absolute atomic E-state index is 0.255. The maximum Gasteiger partial charge on any atom is 0.334 e. The lowest BCUT2D eigenvalue weighted by atomic mass is 10.2. The van der Waals surface area contributed by atoms with Crippen LogP contribution in [0.2, 0.25) is 0 Å². The molecule has 102 valence electrons. The molecule has 0 spiro atoms. The van der Waals surface area contributed by atoms with Crippen molar-refractivity contribution in [1.82, 2.24) is 10.8 Å². The van der Waals surface area contributed by atoms with Crippen LogP contribution in [-0.2, 0) is 19.2 Å². The molecule has 0 aliphatic rings. The van der Waals surface area contributed by atoms with Crippen LogP contribution in [0.4, 0.5) is 0 Å². The van der Waals surface area contributed by atoms with Crippen LogP contribution < -0.4 is 10.8 Å². The molecule has 2 N–H and O–H groups in total. The van der Waals surface area contributed by atoms with Crippen molar-refractivity contribution in [2.45, 2.75) is 0 Å². The highest BCUT2D eigenvalue weighted by Crippen LogP contribution is 1.97. The fourth-order valence-corrected chi connectivity index (χ4v) is 1.12. The van der Waals surface area contributed by atoms with E-state index >= 15 is 0 Å². The number of nitrogens with one attached hydrogen (secondary N) is 2. The molecule has 1 aromatic rings. The number of amides is 2. The van der Waals surface area contributed by atoms with Crippen molar-refractivity contribution in [2.75, 3.05) is 20.3 Å². The second-order valence-corrected chi connectivity index (χ2v) is 3.44. The quantitative estimate of drug-likeness (QED) is 0.541. The van der Waals surface area contributed by atoms with E-state index in [1.54, 1.807) is 30.3 Å². The zero-order chi connectivity index (χ0) is 14.1. The number of hydrogen-bond acceptors (Lipinski definition) is 5. The molecule has 0 aromatic heterocycles. The van der Waals surface area contributed by atoms with Crippen LogP contribution in [0.25, 0.3) is 0 Å². The molecule has 0 heterocycles. The van der Waals surface area contributed by atoms with Gasteiger partial charge in [-0.15, -0.1) is 0 Å². The summed E-state index contributed by atoms with van der Waals surface area (Å²) >= 11 is 0. The van der Waals surface area contributed by atoms with Crippen LogP contribution in [0, 0.1) is 0 Å². The molecule has 0 unspecified atom stereocenters. The Morgan fingerprint density at radius 3 is 2.47 bits per heavy atom. The fraction of sp³-hybridized carbons (Fsp3) is 0.250. The second kappa shape index (κ2) is 7.83. The van der Waals surface area contributed by atoms with Crippen LogP contribution in [0.15, 0.2) is 30.3 Å². The summed E-state index contributed by atoms with van der Waals surface area (Å²) in [6.07, 6.45) is 0. The number of carbonyl (C=O) groups is 3. The van der Waals surface area contributed by atoms with Crippen LogP contribution in [0.3, 0.4) is 0 Å². The van der Waals surface area contributed by atoms with E-state index in [1.165, 1.54) is 7.11 Å². The zero-order valence-corrected chi connectivity index (χ0v) is 10.3. The van der Waals surface area contributed by atoms with E-state index in [1.807, 2.05) is 5.48 Å². The Balaban J connectivity index is 2.23. The van der Waals surface area contributed by atoms with E-state index in [-0.39, 0.29) is 12.5 Å². The predicted octanol–water partition coefficient (Wildman–Crippen LogP) is -0.363. The molecule has 1 aromatic carbocycles. The van der Waals surface area contributed by atoms with Crippen molar-refractivity contribution in [3.63, 3.8) is 0 Å². The van der Waals surface area contributed by atoms with E-state index < -0.39 is 18.5 Å². The molecular formula is C12H14N2O5. The molecular weight excluding hydrogens is 252 g/mol. The molecule has 0 bridgehead atoms. The molecule has 1 rings (SSSR count). The lowest BCUT2D eigenvalue weighted by Crippen LogP contribution is -2.37. The number of methoxy groups -OCH3 is 1. The summed E-state index contributed by atoms with van der Waals surface area (Å²) in [5.74, 6) is -1.56. The Kier molecular flexibility index (Phi) is 6.04. The Labute approximate surface area is 109 Å². The van der Waals surface area contributed by atoms with E-state index in [4.69, 9.17) is 0 Å². The van der Waals surface area contributed by atoms with Gasteiger partial charge in [0.15, 0.2) is 6.61 Å². The van der Waals surface area contributed by atoms with Gasteiger partial charge in [-0.1, -0.05) is 18.2 Å². The van der Waals surface area contributed by atoms with Gasteiger partial charge in [0.1, 0.15) is 0 Å². The first-order chi connectivity index (χ1) is 9.13. The Morgan fingerprint density at radius 1 is 1.16 bits per heavy atom. The number of esters is 1. The van der Waals surface area contributed by atoms with Gasteiger partial charge >= 0.3 is 5.97 Å². The summed E-state index contributed by atoms with van der Waals surface area (Å²) in [5.41, 5.74) is 2.45. The summed E-state index contributed by atoms with van der Waals surface area (Å²) in [6, 6.07) is 8.47. The first kappa shape index (κ1) is 14.7. The zero-order valence-electron chi connectivity index (χ0n) is 10.3. The summed E-state index contributed by atoms with van der Waals surface area (Å²) in [7, 11) is 1.20. The van der Waals surface area contributed by atoms with Gasteiger partial charge in [0, 0.05) is 5.56 Å². The Hall–Kier alpha value is -2.41. The third-order valence-electron chi connectivity index (χ3n) is 2.05. The van der Waals surface area contributed by atoms with Crippen molar-refractivity contribution in [1.29, 1.82) is 0 Å². The van der Waals surface area contributed by atoms with Crippen molar-refractivity contribution >= 4 is 17.8 Å². The lowest BCUT2D eigenvalue weighted by molar-refractivity contribution is -0.151. The lowest BCUT2D eigenvalue weighted by Gasteiger charge is -2.06. The SMILES string of the molecule is COC(=O)CONC(=O)CNC(=O)c1ccccc1. The molecule has 0 fully saturated rings. The maximum atomic E-state index is 11.6. The van der Waals surface area contributed by atoms with Crippen molar-refractivity contribution in [2.24, 2.45) is 0 Å². The standard InChI is InChI=1S/C12H14N2O5/c1-18-11(16)8-19-14-10(15)7-13-12(17)9-5-3-2-4-6-9/h2-6H,7-8H2,1H3,(H,13,17)(H,14,15). The largest absolute Gasteiger partial charge is 0.467 e. The normalized spacial score (nSPS) is 9.53. The van der Waals surface area contributed by atoms with Gasteiger partial charge in [-0.2, -0.15) is 0 Å². The smallest absolute Gasteiger partial charge is 0.334 e. The number of ether oxygens (including phenoxy) is 1. The van der Waals surface area contributed by atoms with Gasteiger partial charge in [-0.25, -0.2) is 10.3 Å². The highest BCUT2D eigenvalue weighted by atomic mass is 16.7. The molecule has 0 aliphatic carbocycles. The Bertz CT molecular complexity index is 447. The van der Waals surface area contributed by atoms with E-state index in [0.29, 0.717) is 5.56 Å². The van der Waals surface area contributed by atoms with Crippen LogP contribution >= 0.6 is 0 Å². The summed E-state index contributed by atoms with van der Waals surface area (Å²) < 4.78 is 4.30. The monoisotopic (exact) mass is 266 g/mol. The molecule has 0 aliphatic heterocycles.